The Morgan fingerprint density at radius 1 is 1.35 bits per heavy atom. The zero-order chi connectivity index (χ0) is 15.7. The number of aliphatic carboxylic acids is 1. The highest BCUT2D eigenvalue weighted by molar-refractivity contribution is 9.10. The number of carbonyl (C=O) groups is 2. The number of rotatable bonds is 3. The summed E-state index contributed by atoms with van der Waals surface area (Å²) in [5, 5.41) is 10.2. The van der Waals surface area contributed by atoms with Crippen LogP contribution in [0, 0.1) is 0 Å². The molecule has 0 aliphatic rings. The maximum atomic E-state index is 12.7. The van der Waals surface area contributed by atoms with Crippen molar-refractivity contribution < 1.29 is 27.9 Å². The normalized spacial score (nSPS) is 14.4. The molecule has 1 amide bonds. The predicted molar refractivity (Wildman–Crippen MR) is 68.1 cm³/mol. The first-order valence-electron chi connectivity index (χ1n) is 5.16. The third-order valence-electron chi connectivity index (χ3n) is 2.62. The van der Waals surface area contributed by atoms with Gasteiger partial charge in [-0.3, -0.25) is 4.79 Å². The van der Waals surface area contributed by atoms with E-state index in [0.717, 1.165) is 6.07 Å². The molecule has 4 N–H and O–H groups in total. The van der Waals surface area contributed by atoms with Gasteiger partial charge in [0.15, 0.2) is 0 Å². The molecule has 1 rings (SSSR count). The Bertz CT molecular complexity index is 562. The van der Waals surface area contributed by atoms with E-state index in [0.29, 0.717) is 11.4 Å². The van der Waals surface area contributed by atoms with Crippen LogP contribution in [0.25, 0.3) is 0 Å². The van der Waals surface area contributed by atoms with Gasteiger partial charge in [-0.15, -0.1) is 0 Å². The van der Waals surface area contributed by atoms with Crippen LogP contribution >= 0.6 is 15.9 Å². The number of anilines is 1. The molecule has 0 saturated heterocycles. The van der Waals surface area contributed by atoms with Gasteiger partial charge in [0, 0.05) is 15.7 Å². The van der Waals surface area contributed by atoms with Crippen molar-refractivity contribution in [2.75, 3.05) is 5.73 Å². The van der Waals surface area contributed by atoms with Crippen LogP contribution in [0.2, 0.25) is 0 Å². The van der Waals surface area contributed by atoms with E-state index in [2.05, 4.69) is 15.9 Å². The second-order valence-corrected chi connectivity index (χ2v) is 4.97. The summed E-state index contributed by atoms with van der Waals surface area (Å²) >= 11 is 3.06. The highest BCUT2D eigenvalue weighted by Gasteiger charge is 2.58. The number of halogens is 4. The standard InChI is InChI=1S/C11H10BrF3N2O3/c1-10(9(19)20,11(13,14)15)17-8(18)5-2-3-6(12)7(16)4-5/h2-4H,16H2,1H3,(H,17,18)(H,19,20). The van der Waals surface area contributed by atoms with Gasteiger partial charge < -0.3 is 16.2 Å². The monoisotopic (exact) mass is 354 g/mol. The van der Waals surface area contributed by atoms with E-state index in [9.17, 15) is 22.8 Å². The van der Waals surface area contributed by atoms with E-state index in [1.807, 2.05) is 0 Å². The molecule has 0 aliphatic heterocycles. The van der Waals surface area contributed by atoms with Gasteiger partial charge in [-0.25, -0.2) is 4.79 Å². The van der Waals surface area contributed by atoms with Crippen molar-refractivity contribution >= 4 is 33.5 Å². The van der Waals surface area contributed by atoms with Gasteiger partial charge in [-0.2, -0.15) is 13.2 Å². The fourth-order valence-electron chi connectivity index (χ4n) is 1.23. The van der Waals surface area contributed by atoms with Crippen LogP contribution in [-0.2, 0) is 4.79 Å². The molecule has 0 fully saturated rings. The van der Waals surface area contributed by atoms with Crippen LogP contribution in [0.15, 0.2) is 22.7 Å². The highest BCUT2D eigenvalue weighted by atomic mass is 79.9. The number of hydrogen-bond acceptors (Lipinski definition) is 3. The van der Waals surface area contributed by atoms with Gasteiger partial charge in [0.1, 0.15) is 0 Å². The molecule has 0 spiro atoms. The zero-order valence-corrected chi connectivity index (χ0v) is 11.7. The van der Waals surface area contributed by atoms with Crippen molar-refractivity contribution in [2.45, 2.75) is 18.6 Å². The summed E-state index contributed by atoms with van der Waals surface area (Å²) in [6, 6.07) is 3.72. The molecule has 1 unspecified atom stereocenters. The molecule has 0 radical (unpaired) electrons. The van der Waals surface area contributed by atoms with Gasteiger partial charge in [0.25, 0.3) is 5.91 Å². The first kappa shape index (κ1) is 16.3. The van der Waals surface area contributed by atoms with Gasteiger partial charge in [-0.1, -0.05) is 0 Å². The van der Waals surface area contributed by atoms with Gasteiger partial charge >= 0.3 is 12.1 Å². The largest absolute Gasteiger partial charge is 0.479 e. The van der Waals surface area contributed by atoms with Crippen LogP contribution < -0.4 is 11.1 Å². The summed E-state index contributed by atoms with van der Waals surface area (Å²) in [7, 11) is 0. The Morgan fingerprint density at radius 2 is 1.90 bits per heavy atom. The lowest BCUT2D eigenvalue weighted by Gasteiger charge is -2.28. The number of carbonyl (C=O) groups excluding carboxylic acids is 1. The average Bonchev–Trinajstić information content (AvgIpc) is 2.30. The minimum atomic E-state index is -5.14. The van der Waals surface area contributed by atoms with Crippen LogP contribution in [0.5, 0.6) is 0 Å². The van der Waals surface area contributed by atoms with E-state index < -0.39 is 23.6 Å². The van der Waals surface area contributed by atoms with Gasteiger partial charge in [0.2, 0.25) is 5.54 Å². The van der Waals surface area contributed by atoms with Crippen LogP contribution in [0.1, 0.15) is 17.3 Å². The maximum absolute atomic E-state index is 12.7. The number of nitrogens with one attached hydrogen (secondary N) is 1. The van der Waals surface area contributed by atoms with Crippen molar-refractivity contribution in [1.82, 2.24) is 5.32 Å². The molecular formula is C11H10BrF3N2O3. The Morgan fingerprint density at radius 3 is 2.30 bits per heavy atom. The average molecular weight is 355 g/mol. The number of benzene rings is 1. The quantitative estimate of drug-likeness (QED) is 0.725. The minimum Gasteiger partial charge on any atom is -0.479 e. The van der Waals surface area contributed by atoms with Crippen LogP contribution in [-0.4, -0.2) is 28.7 Å². The summed E-state index contributed by atoms with van der Waals surface area (Å²) < 4.78 is 38.7. The first-order chi connectivity index (χ1) is 8.99. The summed E-state index contributed by atoms with van der Waals surface area (Å²) in [5.41, 5.74) is 2.08. The van der Waals surface area contributed by atoms with Crippen LogP contribution in [0.3, 0.4) is 0 Å². The lowest BCUT2D eigenvalue weighted by atomic mass is 10.0. The van der Waals surface area contributed by atoms with Crippen molar-refractivity contribution in [2.24, 2.45) is 0 Å². The maximum Gasteiger partial charge on any atom is 0.422 e. The molecule has 5 nitrogen and oxygen atoms in total. The predicted octanol–water partition coefficient (Wildman–Crippen LogP) is 2.17. The number of amides is 1. The molecule has 9 heteroatoms. The molecule has 20 heavy (non-hydrogen) atoms. The fraction of sp³-hybridized carbons (Fsp3) is 0.273. The second-order valence-electron chi connectivity index (χ2n) is 4.12. The molecule has 1 aromatic rings. The van der Waals surface area contributed by atoms with E-state index in [-0.39, 0.29) is 11.3 Å². The van der Waals surface area contributed by atoms with Gasteiger partial charge in [0.05, 0.1) is 0 Å². The van der Waals surface area contributed by atoms with E-state index in [1.54, 1.807) is 0 Å². The van der Waals surface area contributed by atoms with Crippen molar-refractivity contribution in [1.29, 1.82) is 0 Å². The van der Waals surface area contributed by atoms with Crippen LogP contribution in [0.4, 0.5) is 18.9 Å². The summed E-state index contributed by atoms with van der Waals surface area (Å²) in [4.78, 5) is 22.5. The van der Waals surface area contributed by atoms with Crippen molar-refractivity contribution in [3.63, 3.8) is 0 Å². The number of hydrogen-bond donors (Lipinski definition) is 3. The number of carboxylic acid groups (broad SMARTS) is 1. The summed E-state index contributed by atoms with van der Waals surface area (Å²) in [5.74, 6) is -3.39. The molecular weight excluding hydrogens is 345 g/mol. The second kappa shape index (κ2) is 5.31. The Balaban J connectivity index is 3.09. The Kier molecular flexibility index (Phi) is 4.33. The number of alkyl halides is 3. The molecule has 0 heterocycles. The first-order valence-corrected chi connectivity index (χ1v) is 5.96. The van der Waals surface area contributed by atoms with E-state index in [4.69, 9.17) is 10.8 Å². The zero-order valence-electron chi connectivity index (χ0n) is 10.1. The number of carboxylic acids is 1. The molecule has 1 aromatic carbocycles. The van der Waals surface area contributed by atoms with Crippen molar-refractivity contribution in [3.05, 3.63) is 28.2 Å². The minimum absolute atomic E-state index is 0.140. The van der Waals surface area contributed by atoms with E-state index in [1.165, 1.54) is 17.4 Å². The third kappa shape index (κ3) is 3.03. The van der Waals surface area contributed by atoms with Crippen molar-refractivity contribution in [3.8, 4) is 0 Å². The molecule has 1 atom stereocenters. The lowest BCUT2D eigenvalue weighted by Crippen LogP contribution is -2.61. The summed E-state index contributed by atoms with van der Waals surface area (Å²) in [6.45, 7) is 0.370. The van der Waals surface area contributed by atoms with Gasteiger partial charge in [-0.05, 0) is 41.1 Å². The molecule has 0 saturated carbocycles. The molecule has 0 aliphatic carbocycles. The topological polar surface area (TPSA) is 92.4 Å². The molecule has 110 valence electrons. The Hall–Kier alpha value is -1.77. The molecule has 0 aromatic heterocycles. The lowest BCUT2D eigenvalue weighted by molar-refractivity contribution is -0.203. The SMILES string of the molecule is CC(NC(=O)c1ccc(Br)c(N)c1)(C(=O)O)C(F)(F)F. The highest BCUT2D eigenvalue weighted by Crippen LogP contribution is 2.31. The smallest absolute Gasteiger partial charge is 0.422 e. The summed E-state index contributed by atoms with van der Waals surface area (Å²) in [6.07, 6.45) is -5.14. The molecule has 0 bridgehead atoms. The Labute approximate surface area is 120 Å². The number of nitrogens with two attached hydrogens (primary N) is 1. The third-order valence-corrected chi connectivity index (χ3v) is 3.34. The fourth-order valence-corrected chi connectivity index (χ4v) is 1.48. The van der Waals surface area contributed by atoms with E-state index >= 15 is 0 Å². The number of nitrogen functional groups attached to an aromatic ring is 1.